The minimum absolute atomic E-state index is 0.177. The highest BCUT2D eigenvalue weighted by molar-refractivity contribution is 5.89. The number of nitrogens with one attached hydrogen (secondary N) is 1. The van der Waals surface area contributed by atoms with E-state index >= 15 is 0 Å². The first-order valence-electron chi connectivity index (χ1n) is 7.86. The molecule has 3 nitrogen and oxygen atoms in total. The molecule has 1 fully saturated rings. The van der Waals surface area contributed by atoms with E-state index in [0.717, 1.165) is 18.5 Å². The molecule has 1 N–H and O–H groups in total. The van der Waals surface area contributed by atoms with E-state index in [9.17, 15) is 4.79 Å². The van der Waals surface area contributed by atoms with Crippen LogP contribution in [0.25, 0.3) is 0 Å². The molecule has 0 saturated carbocycles. The van der Waals surface area contributed by atoms with E-state index in [0.29, 0.717) is 6.54 Å². The van der Waals surface area contributed by atoms with Crippen molar-refractivity contribution in [1.29, 1.82) is 0 Å². The van der Waals surface area contributed by atoms with Crippen LogP contribution in [0.15, 0.2) is 60.7 Å². The van der Waals surface area contributed by atoms with Crippen LogP contribution in [0.5, 0.6) is 0 Å². The van der Waals surface area contributed by atoms with Gasteiger partial charge in [-0.25, -0.2) is 4.79 Å². The summed E-state index contributed by atoms with van der Waals surface area (Å²) in [4.78, 5) is 12.0. The van der Waals surface area contributed by atoms with Gasteiger partial charge in [-0.1, -0.05) is 54.5 Å². The molecule has 1 aliphatic heterocycles. The van der Waals surface area contributed by atoms with Crippen LogP contribution in [-0.2, 0) is 9.53 Å². The number of hydrogen-bond acceptors (Lipinski definition) is 3. The molecule has 2 unspecified atom stereocenters. The van der Waals surface area contributed by atoms with Crippen molar-refractivity contribution in [3.05, 3.63) is 71.8 Å². The Morgan fingerprint density at radius 3 is 2.48 bits per heavy atom. The molecule has 0 aliphatic carbocycles. The van der Waals surface area contributed by atoms with E-state index in [4.69, 9.17) is 4.74 Å². The standard InChI is InChI=1S/C20H19NO2/c22-20(12-11-16-7-3-1-4-8-16)23-19-15-21-14-13-18(19)17-9-5-2-6-10-17/h1-10,18-19,21H,13-15H2. The molecule has 0 aromatic heterocycles. The lowest BCUT2D eigenvalue weighted by Gasteiger charge is -2.31. The molecule has 0 radical (unpaired) electrons. The van der Waals surface area contributed by atoms with Gasteiger partial charge in [0.25, 0.3) is 0 Å². The van der Waals surface area contributed by atoms with Crippen molar-refractivity contribution >= 4 is 5.97 Å². The summed E-state index contributed by atoms with van der Waals surface area (Å²) < 4.78 is 5.61. The van der Waals surface area contributed by atoms with Crippen molar-refractivity contribution in [3.63, 3.8) is 0 Å². The van der Waals surface area contributed by atoms with Crippen LogP contribution >= 0.6 is 0 Å². The molecule has 1 saturated heterocycles. The first-order valence-corrected chi connectivity index (χ1v) is 7.86. The third-order valence-corrected chi connectivity index (χ3v) is 4.00. The average molecular weight is 305 g/mol. The lowest BCUT2D eigenvalue weighted by atomic mass is 9.88. The van der Waals surface area contributed by atoms with Crippen LogP contribution in [0.2, 0.25) is 0 Å². The van der Waals surface area contributed by atoms with E-state index in [-0.39, 0.29) is 12.0 Å². The second kappa shape index (κ2) is 7.62. The largest absolute Gasteiger partial charge is 0.451 e. The Labute approximate surface area is 136 Å². The Morgan fingerprint density at radius 1 is 1.04 bits per heavy atom. The number of piperidine rings is 1. The molecule has 3 heteroatoms. The Kier molecular flexibility index (Phi) is 5.08. The molecular weight excluding hydrogens is 286 g/mol. The molecule has 0 bridgehead atoms. The summed E-state index contributed by atoms with van der Waals surface area (Å²) in [6, 6.07) is 19.7. The fraction of sp³-hybridized carbons (Fsp3) is 0.250. The summed E-state index contributed by atoms with van der Waals surface area (Å²) in [6.45, 7) is 1.60. The maximum Gasteiger partial charge on any atom is 0.385 e. The Morgan fingerprint density at radius 2 is 1.74 bits per heavy atom. The van der Waals surface area contributed by atoms with Crippen LogP contribution in [0.4, 0.5) is 0 Å². The maximum absolute atomic E-state index is 12.0. The molecule has 1 heterocycles. The topological polar surface area (TPSA) is 38.3 Å². The van der Waals surface area contributed by atoms with Crippen LogP contribution in [0.3, 0.4) is 0 Å². The number of benzene rings is 2. The molecule has 3 rings (SSSR count). The van der Waals surface area contributed by atoms with Crippen LogP contribution in [0, 0.1) is 11.8 Å². The van der Waals surface area contributed by atoms with Gasteiger partial charge in [-0.2, -0.15) is 0 Å². The number of esters is 1. The summed E-state index contributed by atoms with van der Waals surface area (Å²) in [5.41, 5.74) is 2.02. The lowest BCUT2D eigenvalue weighted by molar-refractivity contribution is -0.143. The first kappa shape index (κ1) is 15.3. The molecule has 2 aromatic rings. The zero-order chi connectivity index (χ0) is 15.9. The van der Waals surface area contributed by atoms with Gasteiger partial charge >= 0.3 is 5.97 Å². The lowest BCUT2D eigenvalue weighted by Crippen LogP contribution is -2.41. The number of ether oxygens (including phenoxy) is 1. The highest BCUT2D eigenvalue weighted by Crippen LogP contribution is 2.27. The van der Waals surface area contributed by atoms with Gasteiger partial charge in [-0.05, 0) is 30.7 Å². The van der Waals surface area contributed by atoms with E-state index < -0.39 is 5.97 Å². The van der Waals surface area contributed by atoms with E-state index in [1.807, 2.05) is 48.5 Å². The first-order chi connectivity index (χ1) is 11.3. The smallest absolute Gasteiger partial charge is 0.385 e. The fourth-order valence-electron chi connectivity index (χ4n) is 2.85. The minimum Gasteiger partial charge on any atom is -0.451 e. The SMILES string of the molecule is O=C(C#Cc1ccccc1)OC1CNCCC1c1ccccc1. The normalized spacial score (nSPS) is 20.2. The number of carbonyl (C=O) groups excluding carboxylic acids is 1. The average Bonchev–Trinajstić information content (AvgIpc) is 2.62. The molecule has 2 atom stereocenters. The Bertz CT molecular complexity index is 701. The van der Waals surface area contributed by atoms with E-state index in [2.05, 4.69) is 29.3 Å². The minimum atomic E-state index is -0.469. The summed E-state index contributed by atoms with van der Waals surface area (Å²) in [6.07, 6.45) is 0.775. The molecule has 116 valence electrons. The molecular formula is C20H19NO2. The number of rotatable bonds is 2. The predicted octanol–water partition coefficient (Wildman–Crippen LogP) is 2.73. The summed E-state index contributed by atoms with van der Waals surface area (Å²) in [5, 5.41) is 3.29. The fourth-order valence-corrected chi connectivity index (χ4v) is 2.85. The second-order valence-electron chi connectivity index (χ2n) is 5.57. The van der Waals surface area contributed by atoms with Gasteiger partial charge in [0.15, 0.2) is 0 Å². The maximum atomic E-state index is 12.0. The van der Waals surface area contributed by atoms with Crippen LogP contribution < -0.4 is 5.32 Å². The molecule has 2 aromatic carbocycles. The summed E-state index contributed by atoms with van der Waals surface area (Å²) in [7, 11) is 0. The Balaban J connectivity index is 1.68. The summed E-state index contributed by atoms with van der Waals surface area (Å²) in [5.74, 6) is 5.18. The monoisotopic (exact) mass is 305 g/mol. The number of hydrogen-bond donors (Lipinski definition) is 1. The predicted molar refractivity (Wildman–Crippen MR) is 89.9 cm³/mol. The molecule has 0 amide bonds. The Hall–Kier alpha value is -2.57. The van der Waals surface area contributed by atoms with Gasteiger partial charge in [0, 0.05) is 23.9 Å². The van der Waals surface area contributed by atoms with Crippen molar-refractivity contribution in [2.45, 2.75) is 18.4 Å². The van der Waals surface area contributed by atoms with Crippen LogP contribution in [-0.4, -0.2) is 25.2 Å². The van der Waals surface area contributed by atoms with Gasteiger partial charge in [-0.3, -0.25) is 0 Å². The number of carbonyl (C=O) groups is 1. The van der Waals surface area contributed by atoms with Crippen molar-refractivity contribution < 1.29 is 9.53 Å². The summed E-state index contributed by atoms with van der Waals surface area (Å²) >= 11 is 0. The molecule has 0 spiro atoms. The van der Waals surface area contributed by atoms with E-state index in [1.54, 1.807) is 0 Å². The van der Waals surface area contributed by atoms with E-state index in [1.165, 1.54) is 5.56 Å². The molecule has 23 heavy (non-hydrogen) atoms. The van der Waals surface area contributed by atoms with Gasteiger partial charge in [-0.15, -0.1) is 0 Å². The van der Waals surface area contributed by atoms with Gasteiger partial charge in [0.1, 0.15) is 6.10 Å². The quantitative estimate of drug-likeness (QED) is 0.685. The third kappa shape index (κ3) is 4.21. The molecule has 1 aliphatic rings. The highest BCUT2D eigenvalue weighted by atomic mass is 16.5. The second-order valence-corrected chi connectivity index (χ2v) is 5.57. The van der Waals surface area contributed by atoms with Crippen molar-refractivity contribution in [1.82, 2.24) is 5.32 Å². The third-order valence-electron chi connectivity index (χ3n) is 4.00. The van der Waals surface area contributed by atoms with Gasteiger partial charge in [0.2, 0.25) is 0 Å². The zero-order valence-corrected chi connectivity index (χ0v) is 12.9. The van der Waals surface area contributed by atoms with Crippen LogP contribution in [0.1, 0.15) is 23.5 Å². The van der Waals surface area contributed by atoms with Gasteiger partial charge in [0.05, 0.1) is 0 Å². The zero-order valence-electron chi connectivity index (χ0n) is 12.9. The van der Waals surface area contributed by atoms with Crippen molar-refractivity contribution in [3.8, 4) is 11.8 Å². The van der Waals surface area contributed by atoms with Crippen molar-refractivity contribution in [2.75, 3.05) is 13.1 Å². The van der Waals surface area contributed by atoms with Crippen molar-refractivity contribution in [2.24, 2.45) is 0 Å². The highest BCUT2D eigenvalue weighted by Gasteiger charge is 2.29. The van der Waals surface area contributed by atoms with Gasteiger partial charge < -0.3 is 10.1 Å².